The molecule has 2 nitrogen and oxygen atoms in total. The summed E-state index contributed by atoms with van der Waals surface area (Å²) >= 11 is 0. The second kappa shape index (κ2) is 9.12. The smallest absolute Gasteiger partial charge is 0.245 e. The van der Waals surface area contributed by atoms with Gasteiger partial charge in [-0.15, -0.1) is 0 Å². The first kappa shape index (κ1) is 23.7. The molecule has 1 aliphatic carbocycles. The second-order valence-corrected chi connectivity index (χ2v) is 13.5. The van der Waals surface area contributed by atoms with Gasteiger partial charge in [-0.25, -0.2) is 0 Å². The Kier molecular flexibility index (Phi) is 5.54. The van der Waals surface area contributed by atoms with E-state index in [1.807, 2.05) is 18.0 Å². The molecule has 0 saturated heterocycles. The van der Waals surface area contributed by atoms with E-state index >= 15 is 0 Å². The number of likely N-dealkylation sites (N-methyl/N-ethyl adjacent to an activating group) is 1. The van der Waals surface area contributed by atoms with Gasteiger partial charge in [-0.05, 0) is 50.9 Å². The fourth-order valence-electron chi connectivity index (χ4n) is 6.52. The predicted octanol–water partition coefficient (Wildman–Crippen LogP) is 6.16. The molecule has 5 aromatic carbocycles. The number of nitrogens with zero attached hydrogens (tertiary/aromatic N) is 1. The average Bonchev–Trinajstić information content (AvgIpc) is 3.24. The Balaban J connectivity index is 1.76. The van der Waals surface area contributed by atoms with Crippen molar-refractivity contribution in [2.45, 2.75) is 5.41 Å². The molecule has 1 amide bonds. The summed E-state index contributed by atoms with van der Waals surface area (Å²) in [5.74, 6) is 0.116. The minimum atomic E-state index is -2.51. The van der Waals surface area contributed by atoms with Crippen LogP contribution in [0.5, 0.6) is 0 Å². The van der Waals surface area contributed by atoms with Crippen molar-refractivity contribution in [2.24, 2.45) is 0 Å². The zero-order valence-corrected chi connectivity index (χ0v) is 22.6. The maximum Gasteiger partial charge on any atom is 0.245 e. The van der Waals surface area contributed by atoms with Crippen LogP contribution in [0.2, 0.25) is 0 Å². The Morgan fingerprint density at radius 2 is 1.00 bits per heavy atom. The summed E-state index contributed by atoms with van der Waals surface area (Å²) in [7, 11) is 1.91. The molecular formula is C36H28NOP. The van der Waals surface area contributed by atoms with Gasteiger partial charge in [-0.2, -0.15) is 0 Å². The van der Waals surface area contributed by atoms with Crippen LogP contribution in [-0.4, -0.2) is 18.2 Å². The van der Waals surface area contributed by atoms with Crippen LogP contribution in [0.1, 0.15) is 11.1 Å². The minimum absolute atomic E-state index is 0.116. The number of allylic oxidation sites excluding steroid dienone is 1. The van der Waals surface area contributed by atoms with Gasteiger partial charge in [-0.1, -0.05) is 146 Å². The summed E-state index contributed by atoms with van der Waals surface area (Å²) < 4.78 is 0. The van der Waals surface area contributed by atoms with Crippen molar-refractivity contribution >= 4 is 45.3 Å². The van der Waals surface area contributed by atoms with Crippen molar-refractivity contribution in [3.05, 3.63) is 163 Å². The highest BCUT2D eigenvalue weighted by molar-refractivity contribution is 7.96. The molecule has 0 N–H and O–H groups in total. The molecule has 1 heterocycles. The second-order valence-electron chi connectivity index (χ2n) is 10.1. The summed E-state index contributed by atoms with van der Waals surface area (Å²) in [6.07, 6.45) is 2.24. The highest BCUT2D eigenvalue weighted by Gasteiger charge is 2.60. The maximum absolute atomic E-state index is 14.6. The van der Waals surface area contributed by atoms with Crippen molar-refractivity contribution in [3.63, 3.8) is 0 Å². The summed E-state index contributed by atoms with van der Waals surface area (Å²) in [6.45, 7) is -2.51. The van der Waals surface area contributed by atoms with Crippen molar-refractivity contribution in [2.75, 3.05) is 11.9 Å². The third kappa shape index (κ3) is 3.25. The van der Waals surface area contributed by atoms with E-state index in [1.54, 1.807) is 0 Å². The van der Waals surface area contributed by atoms with Crippen molar-refractivity contribution in [1.82, 2.24) is 0 Å². The predicted molar refractivity (Wildman–Crippen MR) is 166 cm³/mol. The lowest BCUT2D eigenvalue weighted by molar-refractivity contribution is -0.119. The van der Waals surface area contributed by atoms with Crippen LogP contribution in [0.25, 0.3) is 5.57 Å². The van der Waals surface area contributed by atoms with Crippen LogP contribution >= 0.6 is 6.89 Å². The highest BCUT2D eigenvalue weighted by atomic mass is 31.2. The van der Waals surface area contributed by atoms with E-state index in [0.717, 1.165) is 16.8 Å². The van der Waals surface area contributed by atoms with Gasteiger partial charge in [0.1, 0.15) is 5.41 Å². The van der Waals surface area contributed by atoms with E-state index in [1.165, 1.54) is 26.8 Å². The minimum Gasteiger partial charge on any atom is -0.314 e. The Labute approximate surface area is 229 Å². The Bertz CT molecular complexity index is 1670. The fourth-order valence-corrected chi connectivity index (χ4v) is 11.4. The number of hydrogen-bond acceptors (Lipinski definition) is 1. The average molecular weight is 522 g/mol. The number of amides is 1. The van der Waals surface area contributed by atoms with Gasteiger partial charge in [0.25, 0.3) is 0 Å². The number of anilines is 1. The number of carbonyl (C=O) groups excluding carboxylic acids is 1. The topological polar surface area (TPSA) is 20.3 Å². The van der Waals surface area contributed by atoms with Gasteiger partial charge in [0.05, 0.1) is 0 Å². The van der Waals surface area contributed by atoms with E-state index in [2.05, 4.69) is 146 Å². The normalized spacial score (nSPS) is 18.1. The molecule has 0 saturated carbocycles. The third-order valence-electron chi connectivity index (χ3n) is 8.17. The lowest BCUT2D eigenvalue weighted by atomic mass is 9.65. The molecule has 1 spiro atoms. The molecule has 2 aliphatic rings. The number of fused-ring (bicyclic) bond motifs is 2. The molecule has 1 atom stereocenters. The quantitative estimate of drug-likeness (QED) is 0.259. The first-order valence-corrected chi connectivity index (χ1v) is 15.1. The summed E-state index contributed by atoms with van der Waals surface area (Å²) in [4.78, 5) is 16.4. The number of hydrogen-bond donors (Lipinski definition) is 0. The number of rotatable bonds is 4. The zero-order chi connectivity index (χ0) is 26.5. The first-order valence-electron chi connectivity index (χ1n) is 13.3. The fraction of sp³-hybridized carbons (Fsp3) is 0.0556. The Morgan fingerprint density at radius 3 is 1.51 bits per heavy atom. The SMILES string of the molecule is CN1C(=O)C2(C=C(c3ccccc3)C2=P(c2ccccc2)(c2ccccc2)c2ccccc2)c2ccccc21. The van der Waals surface area contributed by atoms with E-state index in [9.17, 15) is 4.79 Å². The van der Waals surface area contributed by atoms with Crippen LogP contribution < -0.4 is 20.8 Å². The van der Waals surface area contributed by atoms with E-state index < -0.39 is 12.3 Å². The molecule has 39 heavy (non-hydrogen) atoms. The van der Waals surface area contributed by atoms with E-state index in [-0.39, 0.29) is 5.91 Å². The summed E-state index contributed by atoms with van der Waals surface area (Å²) in [5, 5.41) is 4.96. The molecule has 1 aliphatic heterocycles. The van der Waals surface area contributed by atoms with E-state index in [0.29, 0.717) is 0 Å². The van der Waals surface area contributed by atoms with Crippen LogP contribution in [-0.2, 0) is 10.2 Å². The Morgan fingerprint density at radius 1 is 0.564 bits per heavy atom. The molecule has 5 aromatic rings. The van der Waals surface area contributed by atoms with Crippen molar-refractivity contribution < 1.29 is 4.79 Å². The maximum atomic E-state index is 14.6. The first-order chi connectivity index (χ1) is 19.2. The van der Waals surface area contributed by atoms with Crippen LogP contribution in [0.4, 0.5) is 5.69 Å². The van der Waals surface area contributed by atoms with Gasteiger partial charge in [-0.3, -0.25) is 4.79 Å². The molecule has 3 heteroatoms. The summed E-state index contributed by atoms with van der Waals surface area (Å²) in [5.41, 5.74) is 3.52. The van der Waals surface area contributed by atoms with Crippen molar-refractivity contribution in [3.8, 4) is 0 Å². The van der Waals surface area contributed by atoms with Gasteiger partial charge in [0.15, 0.2) is 0 Å². The van der Waals surface area contributed by atoms with Crippen LogP contribution in [0.3, 0.4) is 0 Å². The molecule has 0 radical (unpaired) electrons. The largest absolute Gasteiger partial charge is 0.314 e. The molecule has 0 aromatic heterocycles. The lowest BCUT2D eigenvalue weighted by Crippen LogP contribution is -2.53. The van der Waals surface area contributed by atoms with Gasteiger partial charge in [0.2, 0.25) is 5.91 Å². The molecule has 188 valence electrons. The molecule has 1 unspecified atom stereocenters. The van der Waals surface area contributed by atoms with Crippen LogP contribution in [0.15, 0.2) is 152 Å². The highest BCUT2D eigenvalue weighted by Crippen LogP contribution is 2.62. The lowest BCUT2D eigenvalue weighted by Gasteiger charge is -2.46. The number of benzene rings is 5. The van der Waals surface area contributed by atoms with Crippen LogP contribution in [0, 0.1) is 0 Å². The van der Waals surface area contributed by atoms with Gasteiger partial charge < -0.3 is 4.90 Å². The van der Waals surface area contributed by atoms with Gasteiger partial charge in [0, 0.05) is 12.7 Å². The number of carbonyl (C=O) groups is 1. The third-order valence-corrected chi connectivity index (χ3v) is 12.7. The molecule has 0 fully saturated rings. The van der Waals surface area contributed by atoms with Gasteiger partial charge >= 0.3 is 0 Å². The molecular weight excluding hydrogens is 493 g/mol. The molecule has 0 bridgehead atoms. The standard InChI is InChI=1S/C36H28NOP/c1-37-33-25-15-14-24-32(33)36(35(37)38)26-31(27-16-6-2-7-17-27)34(36)39(28-18-8-3-9-19-28,29-20-10-4-11-21-29)30-22-12-5-13-23-30/h2-26H,1H3. The monoisotopic (exact) mass is 521 g/mol. The Hall–Kier alpha value is -4.39. The van der Waals surface area contributed by atoms with E-state index in [4.69, 9.17) is 0 Å². The zero-order valence-electron chi connectivity index (χ0n) is 21.7. The summed E-state index contributed by atoms with van der Waals surface area (Å²) in [6, 6.07) is 51.4. The van der Waals surface area contributed by atoms with Crippen molar-refractivity contribution in [1.29, 1.82) is 0 Å². The number of para-hydroxylation sites is 1. The molecule has 7 rings (SSSR count).